The van der Waals surface area contributed by atoms with Crippen LogP contribution >= 0.6 is 0 Å². The molecule has 0 aliphatic carbocycles. The van der Waals surface area contributed by atoms with Crippen molar-refractivity contribution in [3.8, 4) is 0 Å². The molecule has 2 aromatic rings. The summed E-state index contributed by atoms with van der Waals surface area (Å²) in [6, 6.07) is 12.8. The monoisotopic (exact) mass is 358 g/mol. The Morgan fingerprint density at radius 2 is 1.77 bits per heavy atom. The van der Waals surface area contributed by atoms with E-state index in [1.54, 1.807) is 27.7 Å². The van der Waals surface area contributed by atoms with Crippen molar-refractivity contribution in [2.75, 3.05) is 6.54 Å². The molecule has 1 unspecified atom stereocenters. The number of carbonyl (C=O) groups excluding carboxylic acids is 2. The van der Waals surface area contributed by atoms with Crippen LogP contribution in [-0.4, -0.2) is 35.3 Å². The van der Waals surface area contributed by atoms with Crippen molar-refractivity contribution < 1.29 is 19.4 Å². The van der Waals surface area contributed by atoms with Crippen molar-refractivity contribution >= 4 is 22.8 Å². The number of fused-ring (bicyclic) bond motifs is 1. The van der Waals surface area contributed by atoms with Crippen LogP contribution in [-0.2, 0) is 9.53 Å². The molecule has 6 heteroatoms. The summed E-state index contributed by atoms with van der Waals surface area (Å²) >= 11 is 0. The van der Waals surface area contributed by atoms with Crippen LogP contribution in [0.2, 0.25) is 0 Å². The SMILES string of the molecule is C[C@@H](NC(=O)OC(C)(C)C)C(=O)NCC(O)c1ccc2ccccc2c1. The Hall–Kier alpha value is -2.60. The van der Waals surface area contributed by atoms with Crippen LogP contribution in [0, 0.1) is 0 Å². The van der Waals surface area contributed by atoms with Gasteiger partial charge >= 0.3 is 6.09 Å². The van der Waals surface area contributed by atoms with Gasteiger partial charge in [-0.15, -0.1) is 0 Å². The number of ether oxygens (including phenoxy) is 1. The number of hydrogen-bond donors (Lipinski definition) is 3. The topological polar surface area (TPSA) is 87.7 Å². The van der Waals surface area contributed by atoms with E-state index in [1.165, 1.54) is 0 Å². The molecule has 0 aliphatic rings. The number of alkyl carbamates (subject to hydrolysis) is 1. The van der Waals surface area contributed by atoms with E-state index >= 15 is 0 Å². The normalized spacial score (nSPS) is 13.7. The zero-order valence-electron chi connectivity index (χ0n) is 15.6. The minimum Gasteiger partial charge on any atom is -0.444 e. The van der Waals surface area contributed by atoms with E-state index in [9.17, 15) is 14.7 Å². The van der Waals surface area contributed by atoms with Gasteiger partial charge in [0.15, 0.2) is 0 Å². The van der Waals surface area contributed by atoms with Crippen LogP contribution in [0.15, 0.2) is 42.5 Å². The summed E-state index contributed by atoms with van der Waals surface area (Å²) in [5.74, 6) is -0.393. The maximum atomic E-state index is 12.1. The highest BCUT2D eigenvalue weighted by atomic mass is 16.6. The van der Waals surface area contributed by atoms with Crippen molar-refractivity contribution in [1.29, 1.82) is 0 Å². The van der Waals surface area contributed by atoms with Gasteiger partial charge in [0.05, 0.1) is 6.10 Å². The fourth-order valence-corrected chi connectivity index (χ4v) is 2.43. The summed E-state index contributed by atoms with van der Waals surface area (Å²) in [5.41, 5.74) is 0.0868. The van der Waals surface area contributed by atoms with E-state index in [0.29, 0.717) is 0 Å². The molecule has 3 N–H and O–H groups in total. The summed E-state index contributed by atoms with van der Waals surface area (Å²) in [6.07, 6.45) is -1.49. The number of nitrogens with one attached hydrogen (secondary N) is 2. The highest BCUT2D eigenvalue weighted by Crippen LogP contribution is 2.20. The van der Waals surface area contributed by atoms with Crippen LogP contribution < -0.4 is 10.6 Å². The highest BCUT2D eigenvalue weighted by Gasteiger charge is 2.21. The molecule has 6 nitrogen and oxygen atoms in total. The van der Waals surface area contributed by atoms with Gasteiger partial charge in [0.2, 0.25) is 5.91 Å². The number of aliphatic hydroxyl groups excluding tert-OH is 1. The van der Waals surface area contributed by atoms with Crippen LogP contribution in [0.3, 0.4) is 0 Å². The molecule has 0 heterocycles. The van der Waals surface area contributed by atoms with Crippen molar-refractivity contribution in [3.63, 3.8) is 0 Å². The molecule has 140 valence electrons. The third-order valence-corrected chi connectivity index (χ3v) is 3.75. The van der Waals surface area contributed by atoms with Gasteiger partial charge in [-0.1, -0.05) is 36.4 Å². The van der Waals surface area contributed by atoms with E-state index in [4.69, 9.17) is 4.74 Å². The second-order valence-electron chi connectivity index (χ2n) is 7.24. The first-order valence-electron chi connectivity index (χ1n) is 8.60. The lowest BCUT2D eigenvalue weighted by atomic mass is 10.0. The fourth-order valence-electron chi connectivity index (χ4n) is 2.43. The van der Waals surface area contributed by atoms with Crippen LogP contribution in [0.5, 0.6) is 0 Å². The fraction of sp³-hybridized carbons (Fsp3) is 0.400. The second kappa shape index (κ2) is 8.19. The van der Waals surface area contributed by atoms with Gasteiger partial charge in [0.25, 0.3) is 0 Å². The number of aliphatic hydroxyl groups is 1. The van der Waals surface area contributed by atoms with Crippen molar-refractivity contribution in [3.05, 3.63) is 48.0 Å². The number of hydrogen-bond acceptors (Lipinski definition) is 4. The Kier molecular flexibility index (Phi) is 6.21. The zero-order valence-corrected chi connectivity index (χ0v) is 15.6. The molecule has 2 rings (SSSR count). The maximum absolute atomic E-state index is 12.1. The lowest BCUT2D eigenvalue weighted by Gasteiger charge is -2.22. The van der Waals surface area contributed by atoms with Crippen molar-refractivity contribution in [2.24, 2.45) is 0 Å². The Bertz CT molecular complexity index is 783. The predicted octanol–water partition coefficient (Wildman–Crippen LogP) is 2.90. The zero-order chi connectivity index (χ0) is 19.3. The molecule has 26 heavy (non-hydrogen) atoms. The molecule has 2 aromatic carbocycles. The van der Waals surface area contributed by atoms with Gasteiger partial charge < -0.3 is 20.5 Å². The Morgan fingerprint density at radius 3 is 2.42 bits per heavy atom. The van der Waals surface area contributed by atoms with Crippen molar-refractivity contribution in [2.45, 2.75) is 45.4 Å². The molecule has 0 aromatic heterocycles. The first-order chi connectivity index (χ1) is 12.2. The van der Waals surface area contributed by atoms with Gasteiger partial charge in [-0.25, -0.2) is 4.79 Å². The van der Waals surface area contributed by atoms with Crippen LogP contribution in [0.4, 0.5) is 4.79 Å². The molecule has 0 fully saturated rings. The number of benzene rings is 2. The van der Waals surface area contributed by atoms with Gasteiger partial charge in [0, 0.05) is 6.54 Å². The first kappa shape index (κ1) is 19.7. The summed E-state index contributed by atoms with van der Waals surface area (Å²) < 4.78 is 5.11. The van der Waals surface area contributed by atoms with E-state index in [-0.39, 0.29) is 6.54 Å². The minimum atomic E-state index is -0.836. The number of amides is 2. The molecule has 0 spiro atoms. The predicted molar refractivity (Wildman–Crippen MR) is 101 cm³/mol. The molecule has 0 bridgehead atoms. The largest absolute Gasteiger partial charge is 0.444 e. The smallest absolute Gasteiger partial charge is 0.408 e. The van der Waals surface area contributed by atoms with Crippen LogP contribution in [0.1, 0.15) is 39.4 Å². The van der Waals surface area contributed by atoms with Gasteiger partial charge in [-0.05, 0) is 50.1 Å². The molecule has 2 atom stereocenters. The summed E-state index contributed by atoms with van der Waals surface area (Å²) in [4.78, 5) is 23.8. The summed E-state index contributed by atoms with van der Waals surface area (Å²) in [5, 5.41) is 17.5. The standard InChI is InChI=1S/C20H26N2O4/c1-13(22-19(25)26-20(2,3)4)18(24)21-12-17(23)16-10-9-14-7-5-6-8-15(14)11-16/h5-11,13,17,23H,12H2,1-4H3,(H,21,24)(H,22,25)/t13-,17?/m1/s1. The average Bonchev–Trinajstić information content (AvgIpc) is 2.57. The second-order valence-corrected chi connectivity index (χ2v) is 7.24. The van der Waals surface area contributed by atoms with E-state index in [1.807, 2.05) is 42.5 Å². The number of carbonyl (C=O) groups is 2. The summed E-state index contributed by atoms with van der Waals surface area (Å²) in [7, 11) is 0. The van der Waals surface area contributed by atoms with Crippen molar-refractivity contribution in [1.82, 2.24) is 10.6 Å². The van der Waals surface area contributed by atoms with Crippen LogP contribution in [0.25, 0.3) is 10.8 Å². The molecular weight excluding hydrogens is 332 g/mol. The highest BCUT2D eigenvalue weighted by molar-refractivity contribution is 5.85. The lowest BCUT2D eigenvalue weighted by molar-refractivity contribution is -0.123. The van der Waals surface area contributed by atoms with E-state index in [2.05, 4.69) is 10.6 Å². The van der Waals surface area contributed by atoms with E-state index < -0.39 is 29.7 Å². The average molecular weight is 358 g/mol. The summed E-state index contributed by atoms with van der Waals surface area (Å²) in [6.45, 7) is 6.85. The maximum Gasteiger partial charge on any atom is 0.408 e. The molecule has 0 radical (unpaired) electrons. The molecule has 0 saturated heterocycles. The third-order valence-electron chi connectivity index (χ3n) is 3.75. The first-order valence-corrected chi connectivity index (χ1v) is 8.60. The van der Waals surface area contributed by atoms with Gasteiger partial charge in [-0.2, -0.15) is 0 Å². The third kappa shape index (κ3) is 5.74. The Labute approximate surface area is 153 Å². The van der Waals surface area contributed by atoms with E-state index in [0.717, 1.165) is 16.3 Å². The molecule has 0 aliphatic heterocycles. The molecule has 0 saturated carbocycles. The Morgan fingerprint density at radius 1 is 1.12 bits per heavy atom. The molecule has 2 amide bonds. The Balaban J connectivity index is 1.88. The number of rotatable bonds is 5. The lowest BCUT2D eigenvalue weighted by Crippen LogP contribution is -2.47. The minimum absolute atomic E-state index is 0.0531. The van der Waals surface area contributed by atoms with Gasteiger partial charge in [0.1, 0.15) is 11.6 Å². The van der Waals surface area contributed by atoms with Gasteiger partial charge in [-0.3, -0.25) is 4.79 Å². The quantitative estimate of drug-likeness (QED) is 0.767. The molecular formula is C20H26N2O4.